The van der Waals surface area contributed by atoms with Crippen molar-refractivity contribution in [2.45, 2.75) is 12.5 Å². The minimum Gasteiger partial charge on any atom is -0.464 e. The fraction of sp³-hybridized carbons (Fsp3) is 0.429. The predicted octanol–water partition coefficient (Wildman–Crippen LogP) is 0.453. The maximum absolute atomic E-state index is 11.1. The maximum atomic E-state index is 11.1. The summed E-state index contributed by atoms with van der Waals surface area (Å²) in [5.74, 6) is -0.202. The van der Waals surface area contributed by atoms with E-state index in [1.165, 1.54) is 11.3 Å². The fourth-order valence-corrected chi connectivity index (χ4v) is 1.79. The van der Waals surface area contributed by atoms with Crippen molar-refractivity contribution in [1.82, 2.24) is 4.98 Å². The SMILES string of the molecule is Nc1ncc(NC2CCOC2=O)s1. The van der Waals surface area contributed by atoms with Crippen LogP contribution in [-0.4, -0.2) is 23.6 Å². The van der Waals surface area contributed by atoms with Crippen molar-refractivity contribution >= 4 is 27.4 Å². The molecule has 0 radical (unpaired) electrons. The highest BCUT2D eigenvalue weighted by atomic mass is 32.1. The van der Waals surface area contributed by atoms with Gasteiger partial charge in [0.15, 0.2) is 5.13 Å². The van der Waals surface area contributed by atoms with Gasteiger partial charge < -0.3 is 15.8 Å². The Bertz CT molecular complexity index is 325. The molecule has 1 aliphatic rings. The number of rotatable bonds is 2. The molecular weight excluding hydrogens is 190 g/mol. The number of ether oxygens (including phenoxy) is 1. The van der Waals surface area contributed by atoms with Crippen molar-refractivity contribution in [3.05, 3.63) is 6.20 Å². The summed E-state index contributed by atoms with van der Waals surface area (Å²) in [5.41, 5.74) is 5.44. The molecule has 1 aromatic heterocycles. The lowest BCUT2D eigenvalue weighted by Gasteiger charge is -2.05. The van der Waals surface area contributed by atoms with E-state index >= 15 is 0 Å². The number of nitrogen functional groups attached to an aromatic ring is 1. The van der Waals surface area contributed by atoms with E-state index < -0.39 is 0 Å². The topological polar surface area (TPSA) is 77.2 Å². The van der Waals surface area contributed by atoms with Gasteiger partial charge in [0.05, 0.1) is 12.8 Å². The molecule has 1 atom stereocenters. The van der Waals surface area contributed by atoms with E-state index in [9.17, 15) is 4.79 Å². The zero-order valence-corrected chi connectivity index (χ0v) is 7.63. The molecule has 5 nitrogen and oxygen atoms in total. The van der Waals surface area contributed by atoms with Crippen molar-refractivity contribution in [1.29, 1.82) is 0 Å². The molecule has 0 bridgehead atoms. The first-order valence-corrected chi connectivity index (χ1v) is 4.72. The lowest BCUT2D eigenvalue weighted by atomic mass is 10.2. The molecule has 1 unspecified atom stereocenters. The summed E-state index contributed by atoms with van der Waals surface area (Å²) < 4.78 is 4.80. The normalized spacial score (nSPS) is 21.5. The zero-order valence-electron chi connectivity index (χ0n) is 6.82. The standard InChI is InChI=1S/C7H9N3O2S/c8-7-9-3-5(13-7)10-4-1-2-12-6(4)11/h3-4,10H,1-2H2,(H2,8,9). The lowest BCUT2D eigenvalue weighted by Crippen LogP contribution is -2.23. The molecular formula is C7H9N3O2S. The molecule has 6 heteroatoms. The summed E-state index contributed by atoms with van der Waals surface area (Å²) in [5, 5.41) is 4.31. The molecule has 1 fully saturated rings. The Hall–Kier alpha value is -1.30. The van der Waals surface area contributed by atoms with Gasteiger partial charge in [-0.1, -0.05) is 11.3 Å². The number of carbonyl (C=O) groups is 1. The van der Waals surface area contributed by atoms with Crippen LogP contribution in [0.4, 0.5) is 10.1 Å². The minimum atomic E-state index is -0.236. The maximum Gasteiger partial charge on any atom is 0.328 e. The summed E-state index contributed by atoms with van der Waals surface area (Å²) >= 11 is 1.32. The Morgan fingerprint density at radius 2 is 2.62 bits per heavy atom. The van der Waals surface area contributed by atoms with E-state index in [1.807, 2.05) is 0 Å². The van der Waals surface area contributed by atoms with Crippen LogP contribution in [0.1, 0.15) is 6.42 Å². The molecule has 2 heterocycles. The van der Waals surface area contributed by atoms with Gasteiger partial charge in [-0.05, 0) is 0 Å². The van der Waals surface area contributed by atoms with E-state index in [2.05, 4.69) is 10.3 Å². The minimum absolute atomic E-state index is 0.202. The molecule has 1 aliphatic heterocycles. The van der Waals surface area contributed by atoms with Gasteiger partial charge >= 0.3 is 5.97 Å². The zero-order chi connectivity index (χ0) is 9.26. The van der Waals surface area contributed by atoms with Crippen molar-refractivity contribution in [2.75, 3.05) is 17.7 Å². The van der Waals surface area contributed by atoms with Crippen LogP contribution >= 0.6 is 11.3 Å². The number of carbonyl (C=O) groups excluding carboxylic acids is 1. The van der Waals surface area contributed by atoms with Crippen LogP contribution in [0.2, 0.25) is 0 Å². The van der Waals surface area contributed by atoms with Crippen molar-refractivity contribution in [2.24, 2.45) is 0 Å². The molecule has 1 aromatic rings. The highest BCUT2D eigenvalue weighted by Crippen LogP contribution is 2.22. The van der Waals surface area contributed by atoms with Crippen LogP contribution in [0.3, 0.4) is 0 Å². The van der Waals surface area contributed by atoms with Gasteiger partial charge in [-0.25, -0.2) is 9.78 Å². The third-order valence-corrected chi connectivity index (χ3v) is 2.53. The molecule has 0 amide bonds. The second kappa shape index (κ2) is 3.21. The first-order chi connectivity index (χ1) is 6.25. The highest BCUT2D eigenvalue weighted by Gasteiger charge is 2.26. The number of nitrogens with two attached hydrogens (primary N) is 1. The monoisotopic (exact) mass is 199 g/mol. The third-order valence-electron chi connectivity index (χ3n) is 1.78. The molecule has 0 aromatic carbocycles. The van der Waals surface area contributed by atoms with Crippen molar-refractivity contribution < 1.29 is 9.53 Å². The number of cyclic esters (lactones) is 1. The molecule has 70 valence electrons. The number of esters is 1. The van der Waals surface area contributed by atoms with Gasteiger partial charge in [-0.15, -0.1) is 0 Å². The van der Waals surface area contributed by atoms with Gasteiger partial charge in [-0.3, -0.25) is 0 Å². The Morgan fingerprint density at radius 3 is 3.15 bits per heavy atom. The second-order valence-corrected chi connectivity index (χ2v) is 3.78. The van der Waals surface area contributed by atoms with Crippen LogP contribution in [0.25, 0.3) is 0 Å². The number of hydrogen-bond donors (Lipinski definition) is 2. The fourth-order valence-electron chi connectivity index (χ4n) is 1.15. The highest BCUT2D eigenvalue weighted by molar-refractivity contribution is 7.19. The number of nitrogens with zero attached hydrogens (tertiary/aromatic N) is 1. The summed E-state index contributed by atoms with van der Waals surface area (Å²) in [4.78, 5) is 14.9. The molecule has 0 aliphatic carbocycles. The Balaban J connectivity index is 2.01. The van der Waals surface area contributed by atoms with Gasteiger partial charge in [0.1, 0.15) is 11.0 Å². The summed E-state index contributed by atoms with van der Waals surface area (Å²) in [6.07, 6.45) is 2.32. The molecule has 0 saturated carbocycles. The smallest absolute Gasteiger partial charge is 0.328 e. The van der Waals surface area contributed by atoms with Crippen LogP contribution < -0.4 is 11.1 Å². The van der Waals surface area contributed by atoms with Crippen LogP contribution in [0, 0.1) is 0 Å². The molecule has 13 heavy (non-hydrogen) atoms. The molecule has 1 saturated heterocycles. The largest absolute Gasteiger partial charge is 0.464 e. The molecule has 2 rings (SSSR count). The molecule has 3 N–H and O–H groups in total. The summed E-state index contributed by atoms with van der Waals surface area (Å²) in [6, 6.07) is -0.236. The van der Waals surface area contributed by atoms with Crippen molar-refractivity contribution in [3.63, 3.8) is 0 Å². The second-order valence-electron chi connectivity index (χ2n) is 2.72. The van der Waals surface area contributed by atoms with Crippen LogP contribution in [0.5, 0.6) is 0 Å². The predicted molar refractivity (Wildman–Crippen MR) is 49.5 cm³/mol. The third kappa shape index (κ3) is 1.72. The van der Waals surface area contributed by atoms with E-state index in [4.69, 9.17) is 10.5 Å². The summed E-state index contributed by atoms with van der Waals surface area (Å²) in [7, 11) is 0. The Morgan fingerprint density at radius 1 is 1.77 bits per heavy atom. The number of hydrogen-bond acceptors (Lipinski definition) is 6. The number of aromatic nitrogens is 1. The number of anilines is 2. The van der Waals surface area contributed by atoms with Gasteiger partial charge in [0.25, 0.3) is 0 Å². The van der Waals surface area contributed by atoms with Crippen LogP contribution in [-0.2, 0) is 9.53 Å². The Kier molecular flexibility index (Phi) is 2.05. The van der Waals surface area contributed by atoms with Gasteiger partial charge in [-0.2, -0.15) is 0 Å². The van der Waals surface area contributed by atoms with Gasteiger partial charge in [0, 0.05) is 6.42 Å². The van der Waals surface area contributed by atoms with Crippen molar-refractivity contribution in [3.8, 4) is 0 Å². The first-order valence-electron chi connectivity index (χ1n) is 3.90. The summed E-state index contributed by atoms with van der Waals surface area (Å²) in [6.45, 7) is 0.491. The van der Waals surface area contributed by atoms with E-state index in [0.717, 1.165) is 5.00 Å². The average Bonchev–Trinajstić information content (AvgIpc) is 2.64. The first kappa shape index (κ1) is 8.31. The number of nitrogens with one attached hydrogen (secondary N) is 1. The Labute approximate surface area is 78.9 Å². The quantitative estimate of drug-likeness (QED) is 0.676. The van der Waals surface area contributed by atoms with Gasteiger partial charge in [0.2, 0.25) is 0 Å². The average molecular weight is 199 g/mol. The number of thiazole rings is 1. The van der Waals surface area contributed by atoms with E-state index in [0.29, 0.717) is 18.2 Å². The van der Waals surface area contributed by atoms with E-state index in [-0.39, 0.29) is 12.0 Å². The molecule has 0 spiro atoms. The van der Waals surface area contributed by atoms with E-state index in [1.54, 1.807) is 6.20 Å². The van der Waals surface area contributed by atoms with Crippen LogP contribution in [0.15, 0.2) is 6.20 Å². The lowest BCUT2D eigenvalue weighted by molar-refractivity contribution is -0.138.